The van der Waals surface area contributed by atoms with E-state index >= 15 is 0 Å². The molecule has 1 heteroatoms. The van der Waals surface area contributed by atoms with Crippen LogP contribution in [-0.2, 0) is 6.42 Å². The molecule has 1 aliphatic rings. The van der Waals surface area contributed by atoms with Crippen LogP contribution in [0.5, 0.6) is 0 Å². The van der Waals surface area contributed by atoms with Crippen molar-refractivity contribution in [2.24, 2.45) is 0 Å². The first-order valence-electron chi connectivity index (χ1n) is 4.80. The predicted molar refractivity (Wildman–Crippen MR) is 54.4 cm³/mol. The fraction of sp³-hybridized carbons (Fsp3) is 0.333. The average molecular weight is 174 g/mol. The molecular formula is C12H14O. The third-order valence-corrected chi connectivity index (χ3v) is 2.54. The Balaban J connectivity index is 2.16. The molecule has 0 fully saturated rings. The molecule has 1 aliphatic carbocycles. The van der Waals surface area contributed by atoms with Gasteiger partial charge in [0.2, 0.25) is 0 Å². The molecule has 68 valence electrons. The maximum absolute atomic E-state index is 8.75. The largest absolute Gasteiger partial charge is 0.396 e. The fourth-order valence-corrected chi connectivity index (χ4v) is 1.86. The second-order valence-electron chi connectivity index (χ2n) is 3.42. The van der Waals surface area contributed by atoms with Crippen LogP contribution in [0.3, 0.4) is 0 Å². The molecule has 0 saturated heterocycles. The smallest absolute Gasteiger partial charge is 0.0434 e. The van der Waals surface area contributed by atoms with Gasteiger partial charge in [-0.3, -0.25) is 0 Å². The molecular weight excluding hydrogens is 160 g/mol. The summed E-state index contributed by atoms with van der Waals surface area (Å²) in [5.41, 5.74) is 4.22. The first-order valence-corrected chi connectivity index (χ1v) is 4.80. The van der Waals surface area contributed by atoms with Crippen LogP contribution in [-0.4, -0.2) is 11.7 Å². The highest BCUT2D eigenvalue weighted by molar-refractivity contribution is 5.72. The Hall–Kier alpha value is -1.08. The Morgan fingerprint density at radius 1 is 1.23 bits per heavy atom. The minimum absolute atomic E-state index is 0.291. The topological polar surface area (TPSA) is 20.2 Å². The molecule has 0 amide bonds. The molecule has 0 atom stereocenters. The minimum Gasteiger partial charge on any atom is -0.396 e. The van der Waals surface area contributed by atoms with Crippen LogP contribution in [0.2, 0.25) is 0 Å². The second-order valence-corrected chi connectivity index (χ2v) is 3.42. The molecule has 0 radical (unpaired) electrons. The summed E-state index contributed by atoms with van der Waals surface area (Å²) in [7, 11) is 0. The quantitative estimate of drug-likeness (QED) is 0.746. The molecule has 0 heterocycles. The molecule has 0 spiro atoms. The van der Waals surface area contributed by atoms with Gasteiger partial charge in [-0.05, 0) is 36.0 Å². The number of fused-ring (bicyclic) bond motifs is 1. The van der Waals surface area contributed by atoms with Crippen molar-refractivity contribution in [1.29, 1.82) is 0 Å². The van der Waals surface area contributed by atoms with E-state index < -0.39 is 0 Å². The Morgan fingerprint density at radius 3 is 2.92 bits per heavy atom. The van der Waals surface area contributed by atoms with E-state index in [1.807, 2.05) is 0 Å². The first kappa shape index (κ1) is 8.52. The molecule has 13 heavy (non-hydrogen) atoms. The lowest BCUT2D eigenvalue weighted by Crippen LogP contribution is -1.86. The Labute approximate surface area is 78.7 Å². The normalized spacial score (nSPS) is 14.1. The summed E-state index contributed by atoms with van der Waals surface area (Å²) < 4.78 is 0. The van der Waals surface area contributed by atoms with Crippen molar-refractivity contribution in [3.05, 3.63) is 41.5 Å². The van der Waals surface area contributed by atoms with Gasteiger partial charge < -0.3 is 5.11 Å². The number of aliphatic hydroxyl groups excluding tert-OH is 1. The summed E-state index contributed by atoms with van der Waals surface area (Å²) in [6.45, 7) is 0.291. The number of hydrogen-bond donors (Lipinski definition) is 1. The SMILES string of the molecule is OCCCC1=CCc2ccccc21. The van der Waals surface area contributed by atoms with Gasteiger partial charge in [0.05, 0.1) is 0 Å². The van der Waals surface area contributed by atoms with Gasteiger partial charge in [0, 0.05) is 6.61 Å². The molecule has 0 aromatic heterocycles. The number of rotatable bonds is 3. The van der Waals surface area contributed by atoms with E-state index in [-0.39, 0.29) is 0 Å². The lowest BCUT2D eigenvalue weighted by molar-refractivity contribution is 0.290. The van der Waals surface area contributed by atoms with Gasteiger partial charge in [-0.25, -0.2) is 0 Å². The standard InChI is InChI=1S/C12H14O/c13-9-3-5-11-8-7-10-4-1-2-6-12(10)11/h1-2,4,6,8,13H,3,5,7,9H2. The van der Waals surface area contributed by atoms with Gasteiger partial charge in [0.1, 0.15) is 0 Å². The third kappa shape index (κ3) is 1.65. The van der Waals surface area contributed by atoms with Gasteiger partial charge in [0.25, 0.3) is 0 Å². The third-order valence-electron chi connectivity index (χ3n) is 2.54. The van der Waals surface area contributed by atoms with Crippen molar-refractivity contribution in [3.8, 4) is 0 Å². The summed E-state index contributed by atoms with van der Waals surface area (Å²) >= 11 is 0. The van der Waals surface area contributed by atoms with Gasteiger partial charge in [-0.15, -0.1) is 0 Å². The van der Waals surface area contributed by atoms with E-state index in [9.17, 15) is 0 Å². The number of benzene rings is 1. The highest BCUT2D eigenvalue weighted by Gasteiger charge is 2.11. The zero-order valence-electron chi connectivity index (χ0n) is 7.66. The van der Waals surface area contributed by atoms with E-state index in [1.165, 1.54) is 16.7 Å². The molecule has 1 aromatic rings. The van der Waals surface area contributed by atoms with Crippen molar-refractivity contribution < 1.29 is 5.11 Å². The maximum Gasteiger partial charge on any atom is 0.0434 e. The van der Waals surface area contributed by atoms with Crippen LogP contribution in [0.1, 0.15) is 24.0 Å². The summed E-state index contributed by atoms with van der Waals surface area (Å²) in [6.07, 6.45) is 5.23. The van der Waals surface area contributed by atoms with E-state index in [0.717, 1.165) is 19.3 Å². The van der Waals surface area contributed by atoms with Crippen molar-refractivity contribution >= 4 is 5.57 Å². The molecule has 1 aromatic carbocycles. The molecule has 0 aliphatic heterocycles. The Kier molecular flexibility index (Phi) is 2.46. The van der Waals surface area contributed by atoms with Crippen molar-refractivity contribution in [3.63, 3.8) is 0 Å². The average Bonchev–Trinajstić information content (AvgIpc) is 2.58. The van der Waals surface area contributed by atoms with Gasteiger partial charge >= 0.3 is 0 Å². The summed E-state index contributed by atoms with van der Waals surface area (Å²) in [5.74, 6) is 0. The molecule has 0 unspecified atom stereocenters. The van der Waals surface area contributed by atoms with Crippen LogP contribution in [0.4, 0.5) is 0 Å². The molecule has 1 nitrogen and oxygen atoms in total. The summed E-state index contributed by atoms with van der Waals surface area (Å²) in [5, 5.41) is 8.75. The molecule has 0 bridgehead atoms. The maximum atomic E-state index is 8.75. The van der Waals surface area contributed by atoms with Gasteiger partial charge in [-0.2, -0.15) is 0 Å². The molecule has 2 rings (SSSR count). The van der Waals surface area contributed by atoms with Crippen LogP contribution in [0.15, 0.2) is 30.3 Å². The monoisotopic (exact) mass is 174 g/mol. The zero-order valence-corrected chi connectivity index (χ0v) is 7.66. The van der Waals surface area contributed by atoms with Gasteiger partial charge in [0.15, 0.2) is 0 Å². The Bertz CT molecular complexity index is 326. The van der Waals surface area contributed by atoms with E-state index in [0.29, 0.717) is 6.61 Å². The van der Waals surface area contributed by atoms with Crippen molar-refractivity contribution in [1.82, 2.24) is 0 Å². The first-order chi connectivity index (χ1) is 6.42. The second kappa shape index (κ2) is 3.75. The summed E-state index contributed by atoms with van der Waals surface area (Å²) in [6, 6.07) is 8.52. The van der Waals surface area contributed by atoms with Crippen molar-refractivity contribution in [2.75, 3.05) is 6.61 Å². The van der Waals surface area contributed by atoms with Gasteiger partial charge in [-0.1, -0.05) is 30.3 Å². The fourth-order valence-electron chi connectivity index (χ4n) is 1.86. The highest BCUT2D eigenvalue weighted by Crippen LogP contribution is 2.29. The number of allylic oxidation sites excluding steroid dienone is 2. The molecule has 1 N–H and O–H groups in total. The highest BCUT2D eigenvalue weighted by atomic mass is 16.2. The van der Waals surface area contributed by atoms with Crippen LogP contribution in [0, 0.1) is 0 Å². The number of hydrogen-bond acceptors (Lipinski definition) is 1. The van der Waals surface area contributed by atoms with Crippen LogP contribution in [0.25, 0.3) is 5.57 Å². The lowest BCUT2D eigenvalue weighted by atomic mass is 10.0. The van der Waals surface area contributed by atoms with E-state index in [1.54, 1.807) is 0 Å². The lowest BCUT2D eigenvalue weighted by Gasteiger charge is -2.03. The van der Waals surface area contributed by atoms with E-state index in [4.69, 9.17) is 5.11 Å². The number of aliphatic hydroxyl groups is 1. The Morgan fingerprint density at radius 2 is 2.08 bits per heavy atom. The van der Waals surface area contributed by atoms with E-state index in [2.05, 4.69) is 30.3 Å². The summed E-state index contributed by atoms with van der Waals surface area (Å²) in [4.78, 5) is 0. The predicted octanol–water partition coefficient (Wildman–Crippen LogP) is 2.40. The van der Waals surface area contributed by atoms with Crippen LogP contribution >= 0.6 is 0 Å². The molecule has 0 saturated carbocycles. The van der Waals surface area contributed by atoms with Crippen molar-refractivity contribution in [2.45, 2.75) is 19.3 Å². The zero-order chi connectivity index (χ0) is 9.10. The minimum atomic E-state index is 0.291. The van der Waals surface area contributed by atoms with Crippen LogP contribution < -0.4 is 0 Å².